The van der Waals surface area contributed by atoms with Gasteiger partial charge in [0.25, 0.3) is 5.56 Å². The molecule has 0 radical (unpaired) electrons. The van der Waals surface area contributed by atoms with Crippen LogP contribution in [-0.4, -0.2) is 86.0 Å². The Morgan fingerprint density at radius 3 is 2.20 bits per heavy atom. The van der Waals surface area contributed by atoms with Gasteiger partial charge in [-0.1, -0.05) is 69.2 Å². The van der Waals surface area contributed by atoms with E-state index in [-0.39, 0.29) is 31.2 Å². The van der Waals surface area contributed by atoms with Crippen LogP contribution in [0.25, 0.3) is 0 Å². The minimum Gasteiger partial charge on any atom is -0.613 e. The van der Waals surface area contributed by atoms with Gasteiger partial charge in [-0.25, -0.2) is 10.1 Å². The number of carbonyl (C=O) groups excluding carboxylic acids is 2. The lowest BCUT2D eigenvalue weighted by Gasteiger charge is -2.45. The first kappa shape index (κ1) is 36.3. The average Bonchev–Trinajstić information content (AvgIpc) is 2.95. The zero-order valence-corrected chi connectivity index (χ0v) is 29.2. The van der Waals surface area contributed by atoms with Gasteiger partial charge in [0.1, 0.15) is 18.0 Å². The van der Waals surface area contributed by atoms with E-state index in [1.165, 1.54) is 0 Å². The Balaban J connectivity index is 1.80. The summed E-state index contributed by atoms with van der Waals surface area (Å²) < 4.78 is 35.8. The quantitative estimate of drug-likeness (QED) is 0.0869. The molecule has 1 aromatic carbocycles. The molecule has 1 N–H and O–H groups in total. The lowest BCUT2D eigenvalue weighted by atomic mass is 9.79. The van der Waals surface area contributed by atoms with Crippen molar-refractivity contribution in [2.75, 3.05) is 46.1 Å². The van der Waals surface area contributed by atoms with Crippen molar-refractivity contribution in [1.29, 1.82) is 0 Å². The summed E-state index contributed by atoms with van der Waals surface area (Å²) in [7, 11) is -1.34. The molecule has 246 valence electrons. The third-order valence-electron chi connectivity index (χ3n) is 8.02. The summed E-state index contributed by atoms with van der Waals surface area (Å²) >= 11 is -1.31. The molecule has 1 aromatic rings. The molecule has 44 heavy (non-hydrogen) atoms. The third kappa shape index (κ3) is 9.92. The molecule has 2 heterocycles. The molecule has 9 nitrogen and oxygen atoms in total. The molecule has 3 unspecified atom stereocenters. The molecule has 0 aromatic heterocycles. The molecule has 0 spiro atoms. The van der Waals surface area contributed by atoms with Crippen LogP contribution < -0.4 is 5.32 Å². The van der Waals surface area contributed by atoms with E-state index in [2.05, 4.69) is 38.1 Å². The Kier molecular flexibility index (Phi) is 13.1. The van der Waals surface area contributed by atoms with E-state index in [4.69, 9.17) is 18.9 Å². The number of esters is 1. The second-order valence-electron chi connectivity index (χ2n) is 13.9. The number of ether oxygens (including phenoxy) is 4. The molecule has 11 heteroatoms. The lowest BCUT2D eigenvalue weighted by molar-refractivity contribution is -0.146. The number of nitrogens with zero attached hydrogens (tertiary/aromatic N) is 1. The highest BCUT2D eigenvalue weighted by molar-refractivity contribution is 7.93. The zero-order valence-electron chi connectivity index (χ0n) is 27.4. The van der Waals surface area contributed by atoms with Crippen LogP contribution in [0.5, 0.6) is 0 Å². The molecule has 1 amide bonds. The molecule has 2 aliphatic rings. The smallest absolute Gasteiger partial charge is 0.410 e. The fourth-order valence-corrected chi connectivity index (χ4v) is 7.22. The van der Waals surface area contributed by atoms with Crippen molar-refractivity contribution in [1.82, 2.24) is 10.2 Å². The maximum atomic E-state index is 13.6. The molecular formula is C33H52N2O7SSi. The van der Waals surface area contributed by atoms with Gasteiger partial charge in [-0.2, -0.15) is 0 Å². The molecule has 2 aliphatic heterocycles. The van der Waals surface area contributed by atoms with Crippen molar-refractivity contribution < 1.29 is 33.1 Å². The van der Waals surface area contributed by atoms with Crippen LogP contribution in [-0.2, 0) is 40.5 Å². The molecule has 3 atom stereocenters. The Labute approximate surface area is 267 Å². The fraction of sp³-hybridized carbons (Fsp3) is 0.636. The predicted molar refractivity (Wildman–Crippen MR) is 178 cm³/mol. The van der Waals surface area contributed by atoms with Gasteiger partial charge in [0, 0.05) is 21.2 Å². The Morgan fingerprint density at radius 1 is 1.11 bits per heavy atom. The number of piperidine rings is 1. The van der Waals surface area contributed by atoms with Gasteiger partial charge in [-0.3, -0.25) is 4.79 Å². The second kappa shape index (κ2) is 15.9. The number of amides is 1. The van der Waals surface area contributed by atoms with Crippen molar-refractivity contribution in [2.45, 2.75) is 81.1 Å². The van der Waals surface area contributed by atoms with E-state index >= 15 is 0 Å². The summed E-state index contributed by atoms with van der Waals surface area (Å²) in [4.78, 5) is 27.3. The van der Waals surface area contributed by atoms with E-state index < -0.39 is 41.0 Å². The van der Waals surface area contributed by atoms with Crippen molar-refractivity contribution in [3.8, 4) is 0 Å². The lowest BCUT2D eigenvalue weighted by Crippen LogP contribution is -2.63. The first-order valence-corrected chi connectivity index (χ1v) is 20.4. The summed E-state index contributed by atoms with van der Waals surface area (Å²) in [5.74, 6) is -0.788. The average molecular weight is 649 g/mol. The van der Waals surface area contributed by atoms with Gasteiger partial charge < -0.3 is 28.4 Å². The van der Waals surface area contributed by atoms with Crippen LogP contribution in [0.1, 0.15) is 50.7 Å². The van der Waals surface area contributed by atoms with E-state index in [9.17, 15) is 14.1 Å². The highest BCUT2D eigenvalue weighted by atomic mass is 32.2. The summed E-state index contributed by atoms with van der Waals surface area (Å²) in [5, 5.41) is 3.58. The molecule has 0 aliphatic carbocycles. The van der Waals surface area contributed by atoms with Gasteiger partial charge >= 0.3 is 12.1 Å². The number of hydrogen-bond donors (Lipinski definition) is 1. The maximum absolute atomic E-state index is 13.6. The number of carbonyl (C=O) groups is 2. The van der Waals surface area contributed by atoms with Crippen LogP contribution in [0.4, 0.5) is 4.79 Å². The van der Waals surface area contributed by atoms with Crippen molar-refractivity contribution >= 4 is 31.3 Å². The Hall–Kier alpha value is -2.15. The van der Waals surface area contributed by atoms with E-state index in [1.807, 2.05) is 45.0 Å². The van der Waals surface area contributed by atoms with Crippen LogP contribution in [0.15, 0.2) is 49.6 Å². The Bertz CT molecular complexity index is 1110. The van der Waals surface area contributed by atoms with Gasteiger partial charge in [0.05, 0.1) is 31.3 Å². The molecule has 0 saturated carbocycles. The molecule has 2 saturated heterocycles. The maximum Gasteiger partial charge on any atom is 0.410 e. The molecule has 3 rings (SSSR count). The summed E-state index contributed by atoms with van der Waals surface area (Å²) in [5.41, 5.74) is 0.626. The van der Waals surface area contributed by atoms with Gasteiger partial charge in [0.15, 0.2) is 0 Å². The highest BCUT2D eigenvalue weighted by Crippen LogP contribution is 2.37. The van der Waals surface area contributed by atoms with E-state index in [0.717, 1.165) is 17.2 Å². The Morgan fingerprint density at radius 2 is 1.70 bits per heavy atom. The predicted octanol–water partition coefficient (Wildman–Crippen LogP) is 5.53. The molecular weight excluding hydrogens is 597 g/mol. The number of likely N-dealkylation sites (tertiary alicyclic amines) is 1. The normalized spacial score (nSPS) is 19.3. The monoisotopic (exact) mass is 648 g/mol. The number of nitrogens with one attached hydrogen (secondary N) is 1. The van der Waals surface area contributed by atoms with Crippen molar-refractivity contribution in [3.05, 3.63) is 60.7 Å². The van der Waals surface area contributed by atoms with Gasteiger partial charge in [-0.15, -0.1) is 0 Å². The molecule has 0 bridgehead atoms. The SMILES string of the molecule is C=CCOC(=O)C(c1ccc(C2(NC(OCC[Si](C)(C)C)[S+]([O-])C(C)(C)C)COC2)cc1)C1CCN(C(=O)OCC=C)CC1. The van der Waals surface area contributed by atoms with E-state index in [1.54, 1.807) is 17.1 Å². The standard InChI is InChI=1S/C33H52N2O7SSi/c1-9-19-40-29(36)28(26-15-17-35(18-16-26)31(37)42-20-10-2)25-11-13-27(14-12-25)33(23-39-24-33)34-30(43(38)32(3,4)5)41-21-22-44(6,7)8/h9-14,26,28,30,34H,1-2,15-24H2,3-8H3. The van der Waals surface area contributed by atoms with E-state index in [0.29, 0.717) is 45.8 Å². The van der Waals surface area contributed by atoms with Gasteiger partial charge in [0.2, 0.25) is 0 Å². The number of hydrogen-bond acceptors (Lipinski definition) is 8. The van der Waals surface area contributed by atoms with Crippen LogP contribution in [0.3, 0.4) is 0 Å². The largest absolute Gasteiger partial charge is 0.613 e. The summed E-state index contributed by atoms with van der Waals surface area (Å²) in [6.45, 7) is 22.7. The second-order valence-corrected chi connectivity index (χ2v) is 21.7. The summed E-state index contributed by atoms with van der Waals surface area (Å²) in [6, 6.07) is 8.95. The topological polar surface area (TPSA) is 109 Å². The third-order valence-corrected chi connectivity index (χ3v) is 11.6. The minimum absolute atomic E-state index is 0.000838. The number of rotatable bonds is 15. The van der Waals surface area contributed by atoms with Crippen LogP contribution in [0, 0.1) is 5.92 Å². The zero-order chi connectivity index (χ0) is 32.5. The van der Waals surface area contributed by atoms with Crippen molar-refractivity contribution in [2.24, 2.45) is 5.92 Å². The minimum atomic E-state index is -1.34. The molecule has 2 fully saturated rings. The first-order valence-electron chi connectivity index (χ1n) is 15.5. The highest BCUT2D eigenvalue weighted by Gasteiger charge is 2.47. The van der Waals surface area contributed by atoms with Crippen LogP contribution in [0.2, 0.25) is 25.7 Å². The van der Waals surface area contributed by atoms with Crippen molar-refractivity contribution in [3.63, 3.8) is 0 Å². The van der Waals surface area contributed by atoms with Crippen LogP contribution >= 0.6 is 0 Å². The van der Waals surface area contributed by atoms with Gasteiger partial charge in [-0.05, 0) is 67.9 Å². The first-order chi connectivity index (χ1) is 20.7. The fourth-order valence-electron chi connectivity index (χ4n) is 5.29. The number of benzene rings is 1. The summed E-state index contributed by atoms with van der Waals surface area (Å²) in [6.07, 6.45) is 4.03.